The lowest BCUT2D eigenvalue weighted by Crippen LogP contribution is -2.37. The van der Waals surface area contributed by atoms with Crippen LogP contribution in [-0.2, 0) is 18.8 Å². The molecule has 2 aromatic heterocycles. The van der Waals surface area contributed by atoms with Gasteiger partial charge in [-0.25, -0.2) is 0 Å². The molecule has 6 aromatic rings. The number of nitrogens with zero attached hydrogens (tertiary/aromatic N) is 5. The molecule has 0 aliphatic carbocycles. The van der Waals surface area contributed by atoms with Crippen molar-refractivity contribution in [2.75, 3.05) is 50.4 Å². The molecule has 1 aliphatic rings. The number of morpholine rings is 1. The predicted molar refractivity (Wildman–Crippen MR) is 225 cm³/mol. The molecule has 1 aliphatic heterocycles. The summed E-state index contributed by atoms with van der Waals surface area (Å²) in [6, 6.07) is 30.3. The fourth-order valence-corrected chi connectivity index (χ4v) is 6.40. The van der Waals surface area contributed by atoms with Crippen LogP contribution < -0.4 is 31.6 Å². The Hall–Kier alpha value is -7.30. The minimum Gasteiger partial charge on any atom is -0.449 e. The lowest BCUT2D eigenvalue weighted by Gasteiger charge is -2.26. The number of pyridine rings is 2. The number of hydrogen-bond donors (Lipinski definition) is 2. The Morgan fingerprint density at radius 1 is 0.678 bits per heavy atom. The first-order valence-corrected chi connectivity index (χ1v) is 18.7. The number of ether oxygens (including phenoxy) is 3. The van der Waals surface area contributed by atoms with Crippen molar-refractivity contribution < 1.29 is 24.1 Å². The molecule has 304 valence electrons. The number of nitrogens with two attached hydrogens (primary N) is 1. The topological polar surface area (TPSA) is 199 Å². The second kappa shape index (κ2) is 19.2. The van der Waals surface area contributed by atoms with Crippen LogP contribution in [0.5, 0.6) is 23.0 Å². The van der Waals surface area contributed by atoms with Crippen LogP contribution in [0, 0.1) is 20.2 Å². The van der Waals surface area contributed by atoms with Gasteiger partial charge >= 0.3 is 11.4 Å². The summed E-state index contributed by atoms with van der Waals surface area (Å²) in [5.41, 5.74) is 7.67. The van der Waals surface area contributed by atoms with Gasteiger partial charge in [0.1, 0.15) is 22.9 Å². The third-order valence-corrected chi connectivity index (χ3v) is 9.45. The van der Waals surface area contributed by atoms with Crippen LogP contribution in [0.4, 0.5) is 22.7 Å². The number of benzene rings is 4. The summed E-state index contributed by atoms with van der Waals surface area (Å²) in [4.78, 5) is 48.6. The van der Waals surface area contributed by atoms with Crippen LogP contribution in [0.2, 0.25) is 0 Å². The Labute approximate surface area is 338 Å². The molecule has 3 heterocycles. The summed E-state index contributed by atoms with van der Waals surface area (Å²) in [7, 11) is 3.25. The van der Waals surface area contributed by atoms with Gasteiger partial charge in [0, 0.05) is 80.5 Å². The molecule has 16 nitrogen and oxygen atoms in total. The van der Waals surface area contributed by atoms with E-state index in [-0.39, 0.29) is 39.7 Å². The van der Waals surface area contributed by atoms with Crippen LogP contribution in [0.3, 0.4) is 0 Å². The molecule has 0 saturated carbocycles. The standard InChI is InChI=1S/C25H28N4O5.C18H15N3O4/c1-27-18-19(8-11-23(27)30)21-9-10-22(26-12-5-13-28-14-16-33-17-15-28)24(29(31)32)25(21)34-20-6-3-2-4-7-20;1-20-11-12(7-10-16(20)22)14-8-9-15(19)17(21(23)24)18(14)25-13-5-3-2-4-6-13/h2-4,6-11,18,26H,5,12-17H2,1H3;2-11H,19H2,1H3. The molecule has 3 N–H and O–H groups in total. The van der Waals surface area contributed by atoms with Crippen LogP contribution in [0.15, 0.2) is 131 Å². The molecule has 1 saturated heterocycles. The number of rotatable bonds is 13. The molecule has 0 radical (unpaired) electrons. The Bertz CT molecular complexity index is 2540. The van der Waals surface area contributed by atoms with Gasteiger partial charge in [0.2, 0.25) is 22.6 Å². The van der Waals surface area contributed by atoms with Crippen LogP contribution in [0.1, 0.15) is 6.42 Å². The number of hydrogen-bond acceptors (Lipinski definition) is 12. The maximum atomic E-state index is 12.2. The van der Waals surface area contributed by atoms with Crippen molar-refractivity contribution in [2.24, 2.45) is 14.1 Å². The van der Waals surface area contributed by atoms with Crippen molar-refractivity contribution in [1.29, 1.82) is 0 Å². The number of nitrogens with one attached hydrogen (secondary N) is 1. The van der Waals surface area contributed by atoms with Gasteiger partial charge in [0.15, 0.2) is 0 Å². The highest BCUT2D eigenvalue weighted by Crippen LogP contribution is 2.46. The van der Waals surface area contributed by atoms with E-state index in [9.17, 15) is 29.8 Å². The van der Waals surface area contributed by atoms with Crippen LogP contribution >= 0.6 is 0 Å². The van der Waals surface area contributed by atoms with Crippen molar-refractivity contribution >= 4 is 22.7 Å². The lowest BCUT2D eigenvalue weighted by molar-refractivity contribution is -0.384. The van der Waals surface area contributed by atoms with Crippen molar-refractivity contribution in [1.82, 2.24) is 14.0 Å². The van der Waals surface area contributed by atoms with E-state index in [1.807, 2.05) is 12.1 Å². The van der Waals surface area contributed by atoms with E-state index >= 15 is 0 Å². The number of anilines is 2. The van der Waals surface area contributed by atoms with Gasteiger partial charge in [-0.3, -0.25) is 34.7 Å². The summed E-state index contributed by atoms with van der Waals surface area (Å²) in [5, 5.41) is 27.0. The summed E-state index contributed by atoms with van der Waals surface area (Å²) in [6.07, 6.45) is 4.08. The predicted octanol–water partition coefficient (Wildman–Crippen LogP) is 7.22. The Morgan fingerprint density at radius 3 is 1.66 bits per heavy atom. The Kier molecular flexibility index (Phi) is 13.5. The maximum absolute atomic E-state index is 12.2. The first-order chi connectivity index (χ1) is 28.5. The van der Waals surface area contributed by atoms with E-state index in [0.717, 1.165) is 39.3 Å². The quantitative estimate of drug-likeness (QED) is 0.0515. The average Bonchev–Trinajstić information content (AvgIpc) is 3.23. The van der Waals surface area contributed by atoms with E-state index in [4.69, 9.17) is 19.9 Å². The summed E-state index contributed by atoms with van der Waals surface area (Å²) in [5.74, 6) is 1.10. The Morgan fingerprint density at radius 2 is 1.17 bits per heavy atom. The average molecular weight is 802 g/mol. The van der Waals surface area contributed by atoms with E-state index in [2.05, 4.69) is 10.2 Å². The zero-order valence-corrected chi connectivity index (χ0v) is 32.5. The molecule has 7 rings (SSSR count). The fourth-order valence-electron chi connectivity index (χ4n) is 6.40. The smallest absolute Gasteiger partial charge is 0.335 e. The number of nitrogen functional groups attached to an aromatic ring is 1. The van der Waals surface area contributed by atoms with Gasteiger partial charge in [0.25, 0.3) is 0 Å². The van der Waals surface area contributed by atoms with Gasteiger partial charge in [-0.15, -0.1) is 0 Å². The van der Waals surface area contributed by atoms with E-state index < -0.39 is 9.85 Å². The molecular weight excluding hydrogens is 759 g/mol. The molecule has 0 spiro atoms. The molecule has 0 bridgehead atoms. The van der Waals surface area contributed by atoms with Crippen LogP contribution in [0.25, 0.3) is 22.3 Å². The van der Waals surface area contributed by atoms with Crippen LogP contribution in [-0.4, -0.2) is 63.3 Å². The number of nitro benzene ring substituents is 2. The number of aryl methyl sites for hydroxylation is 2. The first kappa shape index (κ1) is 41.3. The summed E-state index contributed by atoms with van der Waals surface area (Å²) >= 11 is 0. The largest absolute Gasteiger partial charge is 0.449 e. The van der Waals surface area contributed by atoms with Gasteiger partial charge in [0.05, 0.1) is 23.1 Å². The monoisotopic (exact) mass is 801 g/mol. The number of aromatic nitrogens is 2. The van der Waals surface area contributed by atoms with E-state index in [0.29, 0.717) is 46.0 Å². The van der Waals surface area contributed by atoms with Gasteiger partial charge in [-0.05, 0) is 73.6 Å². The highest BCUT2D eigenvalue weighted by atomic mass is 16.6. The molecule has 59 heavy (non-hydrogen) atoms. The third-order valence-electron chi connectivity index (χ3n) is 9.45. The molecule has 1 fully saturated rings. The van der Waals surface area contributed by atoms with E-state index in [1.54, 1.807) is 105 Å². The molecule has 4 aromatic carbocycles. The summed E-state index contributed by atoms with van der Waals surface area (Å²) in [6.45, 7) is 4.78. The number of nitro groups is 2. The maximum Gasteiger partial charge on any atom is 0.335 e. The lowest BCUT2D eigenvalue weighted by atomic mass is 10.0. The number of para-hydroxylation sites is 2. The van der Waals surface area contributed by atoms with Crippen molar-refractivity contribution in [3.05, 3.63) is 163 Å². The van der Waals surface area contributed by atoms with Gasteiger partial charge in [-0.2, -0.15) is 0 Å². The molecule has 0 unspecified atom stereocenters. The normalized spacial score (nSPS) is 12.5. The Balaban J connectivity index is 0.000000208. The molecule has 16 heteroatoms. The molecule has 0 atom stereocenters. The van der Waals surface area contributed by atoms with Crippen molar-refractivity contribution in [3.8, 4) is 45.3 Å². The zero-order valence-electron chi connectivity index (χ0n) is 32.5. The van der Waals surface area contributed by atoms with Crippen molar-refractivity contribution in [2.45, 2.75) is 6.42 Å². The minimum absolute atomic E-state index is 0.00417. The molecule has 0 amide bonds. The summed E-state index contributed by atoms with van der Waals surface area (Å²) < 4.78 is 20.1. The van der Waals surface area contributed by atoms with Crippen molar-refractivity contribution in [3.63, 3.8) is 0 Å². The second-order valence-corrected chi connectivity index (χ2v) is 13.5. The fraction of sp³-hybridized carbons (Fsp3) is 0.209. The van der Waals surface area contributed by atoms with Gasteiger partial charge < -0.3 is 34.4 Å². The second-order valence-electron chi connectivity index (χ2n) is 13.5. The first-order valence-electron chi connectivity index (χ1n) is 18.7. The van der Waals surface area contributed by atoms with E-state index in [1.165, 1.54) is 27.3 Å². The third kappa shape index (κ3) is 10.4. The SMILES string of the molecule is Cn1cc(-c2ccc(N)c([N+](=O)[O-])c2Oc2ccccc2)ccc1=O.Cn1cc(-c2ccc(NCCCN3CCOCC3)c([N+](=O)[O-])c2Oc2ccccc2)ccc1=O. The highest BCUT2D eigenvalue weighted by molar-refractivity contribution is 5.83. The minimum atomic E-state index is -0.570. The van der Waals surface area contributed by atoms with Gasteiger partial charge in [-0.1, -0.05) is 36.4 Å². The zero-order chi connectivity index (χ0) is 41.9. The molecular formula is C43H43N7O9. The highest BCUT2D eigenvalue weighted by Gasteiger charge is 2.27.